The largest absolute Gasteiger partial charge is 0.435 e. The Bertz CT molecular complexity index is 434. The van der Waals surface area contributed by atoms with Crippen LogP contribution < -0.4 is 10.1 Å². The first kappa shape index (κ1) is 16.2. The Labute approximate surface area is 125 Å². The number of alkyl halides is 2. The van der Waals surface area contributed by atoms with Crippen molar-refractivity contribution in [3.05, 3.63) is 29.8 Å². The van der Waals surface area contributed by atoms with Crippen molar-refractivity contribution in [3.8, 4) is 5.75 Å². The standard InChI is InChI=1S/C16H24F2N2O/c1-12(19-11-13-6-8-20(2)9-7-13)14-4-3-5-15(10-14)21-16(17)18/h3-5,10,12-13,16,19H,6-9,11H2,1-2H3. The van der Waals surface area contributed by atoms with Crippen LogP contribution in [-0.2, 0) is 0 Å². The fraction of sp³-hybridized carbons (Fsp3) is 0.625. The highest BCUT2D eigenvalue weighted by Gasteiger charge is 2.17. The molecule has 0 aliphatic carbocycles. The van der Waals surface area contributed by atoms with Crippen molar-refractivity contribution in [2.45, 2.75) is 32.4 Å². The van der Waals surface area contributed by atoms with Crippen molar-refractivity contribution in [2.24, 2.45) is 5.92 Å². The highest BCUT2D eigenvalue weighted by Crippen LogP contribution is 2.22. The van der Waals surface area contributed by atoms with E-state index in [0.29, 0.717) is 5.92 Å². The highest BCUT2D eigenvalue weighted by atomic mass is 19.3. The molecule has 0 radical (unpaired) electrons. The minimum Gasteiger partial charge on any atom is -0.435 e. The molecule has 1 aliphatic heterocycles. The normalized spacial score (nSPS) is 18.9. The first-order chi connectivity index (χ1) is 10.0. The lowest BCUT2D eigenvalue weighted by molar-refractivity contribution is -0.0499. The van der Waals surface area contributed by atoms with Gasteiger partial charge in [-0.3, -0.25) is 0 Å². The summed E-state index contributed by atoms with van der Waals surface area (Å²) in [6.45, 7) is 2.55. The molecule has 1 fully saturated rings. The molecule has 5 heteroatoms. The smallest absolute Gasteiger partial charge is 0.387 e. The van der Waals surface area contributed by atoms with Crippen LogP contribution in [0.25, 0.3) is 0 Å². The molecular formula is C16H24F2N2O. The molecule has 1 aromatic rings. The molecule has 2 rings (SSSR count). The summed E-state index contributed by atoms with van der Waals surface area (Å²) in [5, 5.41) is 3.50. The van der Waals surface area contributed by atoms with Gasteiger partial charge in [-0.25, -0.2) is 0 Å². The van der Waals surface area contributed by atoms with E-state index < -0.39 is 6.61 Å². The Kier molecular flexibility index (Phi) is 5.94. The van der Waals surface area contributed by atoms with Crippen LogP contribution in [0.5, 0.6) is 5.75 Å². The second kappa shape index (κ2) is 7.71. The van der Waals surface area contributed by atoms with Gasteiger partial charge in [-0.2, -0.15) is 8.78 Å². The summed E-state index contributed by atoms with van der Waals surface area (Å²) in [6, 6.07) is 7.05. The van der Waals surface area contributed by atoms with Gasteiger partial charge in [-0.1, -0.05) is 12.1 Å². The van der Waals surface area contributed by atoms with E-state index >= 15 is 0 Å². The number of benzene rings is 1. The average molecular weight is 298 g/mol. The third-order valence-corrected chi connectivity index (χ3v) is 4.13. The summed E-state index contributed by atoms with van der Waals surface area (Å²) >= 11 is 0. The summed E-state index contributed by atoms with van der Waals surface area (Å²) in [5.74, 6) is 0.916. The van der Waals surface area contributed by atoms with Crippen molar-refractivity contribution < 1.29 is 13.5 Å². The zero-order valence-corrected chi connectivity index (χ0v) is 12.7. The zero-order valence-electron chi connectivity index (χ0n) is 12.7. The fourth-order valence-corrected chi connectivity index (χ4v) is 2.69. The number of hydrogen-bond donors (Lipinski definition) is 1. The first-order valence-corrected chi connectivity index (χ1v) is 7.51. The van der Waals surface area contributed by atoms with Crippen molar-refractivity contribution >= 4 is 0 Å². The van der Waals surface area contributed by atoms with Crippen molar-refractivity contribution in [1.82, 2.24) is 10.2 Å². The number of rotatable bonds is 6. The van der Waals surface area contributed by atoms with E-state index in [4.69, 9.17) is 0 Å². The highest BCUT2D eigenvalue weighted by molar-refractivity contribution is 5.30. The number of likely N-dealkylation sites (tertiary alicyclic amines) is 1. The van der Waals surface area contributed by atoms with Gasteiger partial charge < -0.3 is 15.0 Å². The van der Waals surface area contributed by atoms with Crippen LogP contribution in [0.4, 0.5) is 8.78 Å². The molecule has 1 aromatic carbocycles. The van der Waals surface area contributed by atoms with E-state index in [1.165, 1.54) is 12.8 Å². The van der Waals surface area contributed by atoms with E-state index in [1.54, 1.807) is 18.2 Å². The number of halogens is 2. The summed E-state index contributed by atoms with van der Waals surface area (Å²) in [5.41, 5.74) is 0.973. The number of piperidine rings is 1. The fourth-order valence-electron chi connectivity index (χ4n) is 2.69. The lowest BCUT2D eigenvalue weighted by Crippen LogP contribution is -2.35. The maximum absolute atomic E-state index is 12.2. The molecule has 0 spiro atoms. The third kappa shape index (κ3) is 5.25. The van der Waals surface area contributed by atoms with Crippen LogP contribution in [0, 0.1) is 5.92 Å². The lowest BCUT2D eigenvalue weighted by atomic mass is 9.96. The predicted molar refractivity (Wildman–Crippen MR) is 79.7 cm³/mol. The van der Waals surface area contributed by atoms with Gasteiger partial charge in [0.05, 0.1) is 0 Å². The molecular weight excluding hydrogens is 274 g/mol. The van der Waals surface area contributed by atoms with E-state index in [1.807, 2.05) is 6.07 Å². The molecule has 0 bridgehead atoms. The van der Waals surface area contributed by atoms with Gasteiger partial charge in [0, 0.05) is 6.04 Å². The maximum Gasteiger partial charge on any atom is 0.387 e. The van der Waals surface area contributed by atoms with Gasteiger partial charge in [0.25, 0.3) is 0 Å². The molecule has 1 saturated heterocycles. The molecule has 21 heavy (non-hydrogen) atoms. The zero-order chi connectivity index (χ0) is 15.2. The van der Waals surface area contributed by atoms with Crippen molar-refractivity contribution in [1.29, 1.82) is 0 Å². The molecule has 1 atom stereocenters. The van der Waals surface area contributed by atoms with Gasteiger partial charge in [0.2, 0.25) is 0 Å². The Balaban J connectivity index is 1.83. The molecule has 3 nitrogen and oxygen atoms in total. The Hall–Kier alpha value is -1.20. The summed E-state index contributed by atoms with van der Waals surface area (Å²) in [7, 11) is 2.15. The molecule has 0 amide bonds. The van der Waals surface area contributed by atoms with Crippen molar-refractivity contribution in [3.63, 3.8) is 0 Å². The summed E-state index contributed by atoms with van der Waals surface area (Å²) < 4.78 is 28.9. The minimum atomic E-state index is -2.78. The molecule has 1 N–H and O–H groups in total. The van der Waals surface area contributed by atoms with Crippen LogP contribution in [0.15, 0.2) is 24.3 Å². The second-order valence-corrected chi connectivity index (χ2v) is 5.83. The molecule has 1 aliphatic rings. The first-order valence-electron chi connectivity index (χ1n) is 7.51. The van der Waals surface area contributed by atoms with Gasteiger partial charge >= 0.3 is 6.61 Å². The Morgan fingerprint density at radius 3 is 2.71 bits per heavy atom. The molecule has 0 saturated carbocycles. The van der Waals surface area contributed by atoms with Gasteiger partial charge in [0.1, 0.15) is 5.75 Å². The topological polar surface area (TPSA) is 24.5 Å². The number of hydrogen-bond acceptors (Lipinski definition) is 3. The quantitative estimate of drug-likeness (QED) is 0.872. The average Bonchev–Trinajstić information content (AvgIpc) is 2.46. The third-order valence-electron chi connectivity index (χ3n) is 4.13. The lowest BCUT2D eigenvalue weighted by Gasteiger charge is -2.30. The van der Waals surface area contributed by atoms with E-state index in [9.17, 15) is 8.78 Å². The second-order valence-electron chi connectivity index (χ2n) is 5.83. The molecule has 0 aromatic heterocycles. The van der Waals surface area contributed by atoms with Gasteiger partial charge in [0.15, 0.2) is 0 Å². The Morgan fingerprint density at radius 2 is 2.05 bits per heavy atom. The summed E-state index contributed by atoms with van der Waals surface area (Å²) in [6.07, 6.45) is 2.43. The maximum atomic E-state index is 12.2. The van der Waals surface area contributed by atoms with E-state index in [0.717, 1.165) is 25.2 Å². The molecule has 1 unspecified atom stereocenters. The SMILES string of the molecule is CC(NCC1CCN(C)CC1)c1cccc(OC(F)F)c1. The minimum absolute atomic E-state index is 0.130. The van der Waals surface area contributed by atoms with Crippen LogP contribution in [-0.4, -0.2) is 38.2 Å². The predicted octanol–water partition coefficient (Wildman–Crippen LogP) is 3.28. The van der Waals surface area contributed by atoms with Crippen LogP contribution in [0.1, 0.15) is 31.4 Å². The monoisotopic (exact) mass is 298 g/mol. The van der Waals surface area contributed by atoms with Crippen LogP contribution in [0.2, 0.25) is 0 Å². The molecule has 1 heterocycles. The molecule has 118 valence electrons. The van der Waals surface area contributed by atoms with Gasteiger partial charge in [-0.15, -0.1) is 0 Å². The number of ether oxygens (including phenoxy) is 1. The summed E-state index contributed by atoms with van der Waals surface area (Å²) in [4.78, 5) is 2.35. The van der Waals surface area contributed by atoms with Gasteiger partial charge in [-0.05, 0) is 70.1 Å². The number of nitrogens with zero attached hydrogens (tertiary/aromatic N) is 1. The number of nitrogens with one attached hydrogen (secondary N) is 1. The van der Waals surface area contributed by atoms with Crippen LogP contribution >= 0.6 is 0 Å². The van der Waals surface area contributed by atoms with Crippen molar-refractivity contribution in [2.75, 3.05) is 26.7 Å². The van der Waals surface area contributed by atoms with E-state index in [-0.39, 0.29) is 11.8 Å². The van der Waals surface area contributed by atoms with Crippen LogP contribution in [0.3, 0.4) is 0 Å². The Morgan fingerprint density at radius 1 is 1.33 bits per heavy atom. The van der Waals surface area contributed by atoms with E-state index in [2.05, 4.69) is 28.9 Å².